The normalized spacial score (nSPS) is 10.4. The third kappa shape index (κ3) is 3.06. The van der Waals surface area contributed by atoms with E-state index in [1.54, 1.807) is 11.9 Å². The van der Waals surface area contributed by atoms with E-state index in [1.165, 1.54) is 0 Å². The third-order valence-corrected chi connectivity index (χ3v) is 2.71. The fraction of sp³-hybridized carbons (Fsp3) is 0.600. The predicted octanol–water partition coefficient (Wildman–Crippen LogP) is 2.03. The SMILES string of the molecule is Cc1noc(C)c1CN(C)C(=O)CCBr. The molecule has 4 nitrogen and oxygen atoms in total. The summed E-state index contributed by atoms with van der Waals surface area (Å²) in [6.07, 6.45) is 0.514. The Morgan fingerprint density at radius 3 is 2.67 bits per heavy atom. The Morgan fingerprint density at radius 2 is 2.20 bits per heavy atom. The van der Waals surface area contributed by atoms with Crippen molar-refractivity contribution in [3.8, 4) is 0 Å². The van der Waals surface area contributed by atoms with E-state index in [0.29, 0.717) is 18.3 Å². The molecule has 0 aromatic carbocycles. The summed E-state index contributed by atoms with van der Waals surface area (Å²) in [4.78, 5) is 13.2. The van der Waals surface area contributed by atoms with Gasteiger partial charge >= 0.3 is 0 Å². The lowest BCUT2D eigenvalue weighted by Gasteiger charge is -2.16. The maximum atomic E-state index is 11.5. The molecule has 0 aliphatic carbocycles. The standard InChI is InChI=1S/C10H15BrN2O2/c1-7-9(8(2)15-12-7)6-13(3)10(14)4-5-11/h4-6H2,1-3H3. The quantitative estimate of drug-likeness (QED) is 0.790. The van der Waals surface area contributed by atoms with E-state index in [4.69, 9.17) is 4.52 Å². The van der Waals surface area contributed by atoms with Crippen LogP contribution in [0.5, 0.6) is 0 Å². The lowest BCUT2D eigenvalue weighted by Crippen LogP contribution is -2.26. The average Bonchev–Trinajstić information content (AvgIpc) is 2.49. The number of alkyl halides is 1. The first-order valence-electron chi connectivity index (χ1n) is 4.78. The molecule has 0 atom stereocenters. The van der Waals surface area contributed by atoms with Crippen LogP contribution in [-0.4, -0.2) is 28.3 Å². The van der Waals surface area contributed by atoms with Crippen molar-refractivity contribution in [2.45, 2.75) is 26.8 Å². The van der Waals surface area contributed by atoms with Gasteiger partial charge in [-0.1, -0.05) is 21.1 Å². The Morgan fingerprint density at radius 1 is 1.53 bits per heavy atom. The molecule has 0 saturated heterocycles. The van der Waals surface area contributed by atoms with Gasteiger partial charge in [-0.2, -0.15) is 0 Å². The molecule has 0 unspecified atom stereocenters. The molecular formula is C10H15BrN2O2. The van der Waals surface area contributed by atoms with Crippen LogP contribution in [0.1, 0.15) is 23.4 Å². The number of nitrogens with zero attached hydrogens (tertiary/aromatic N) is 2. The van der Waals surface area contributed by atoms with Crippen LogP contribution >= 0.6 is 15.9 Å². The van der Waals surface area contributed by atoms with Crippen LogP contribution in [-0.2, 0) is 11.3 Å². The molecule has 0 radical (unpaired) electrons. The number of amides is 1. The molecule has 0 fully saturated rings. The molecule has 0 aliphatic heterocycles. The smallest absolute Gasteiger partial charge is 0.223 e. The summed E-state index contributed by atoms with van der Waals surface area (Å²) < 4.78 is 5.04. The van der Waals surface area contributed by atoms with Gasteiger partial charge in [0.25, 0.3) is 0 Å². The van der Waals surface area contributed by atoms with E-state index in [2.05, 4.69) is 21.1 Å². The van der Waals surface area contributed by atoms with Crippen LogP contribution in [0, 0.1) is 13.8 Å². The van der Waals surface area contributed by atoms with Crippen molar-refractivity contribution >= 4 is 21.8 Å². The second-order valence-corrected chi connectivity index (χ2v) is 4.28. The van der Waals surface area contributed by atoms with Crippen LogP contribution in [0.2, 0.25) is 0 Å². The second kappa shape index (κ2) is 5.30. The van der Waals surface area contributed by atoms with Crippen molar-refractivity contribution < 1.29 is 9.32 Å². The Balaban J connectivity index is 2.66. The number of hydrogen-bond acceptors (Lipinski definition) is 3. The summed E-state index contributed by atoms with van der Waals surface area (Å²) in [6, 6.07) is 0. The molecule has 1 aromatic heterocycles. The Labute approximate surface area is 97.7 Å². The van der Waals surface area contributed by atoms with Gasteiger partial charge in [0.15, 0.2) is 0 Å². The number of rotatable bonds is 4. The van der Waals surface area contributed by atoms with Gasteiger partial charge in [-0.15, -0.1) is 0 Å². The first-order valence-corrected chi connectivity index (χ1v) is 5.90. The summed E-state index contributed by atoms with van der Waals surface area (Å²) in [5.41, 5.74) is 1.85. The van der Waals surface area contributed by atoms with Gasteiger partial charge in [-0.05, 0) is 13.8 Å². The van der Waals surface area contributed by atoms with Gasteiger partial charge in [0.1, 0.15) is 5.76 Å². The molecule has 0 bridgehead atoms. The molecule has 0 N–H and O–H groups in total. The summed E-state index contributed by atoms with van der Waals surface area (Å²) in [7, 11) is 1.79. The number of hydrogen-bond donors (Lipinski definition) is 0. The van der Waals surface area contributed by atoms with Crippen molar-refractivity contribution in [1.29, 1.82) is 0 Å². The van der Waals surface area contributed by atoms with Crippen LogP contribution in [0.15, 0.2) is 4.52 Å². The van der Waals surface area contributed by atoms with Gasteiger partial charge in [-0.3, -0.25) is 4.79 Å². The Hall–Kier alpha value is -0.840. The highest BCUT2D eigenvalue weighted by molar-refractivity contribution is 9.09. The molecule has 0 aliphatic rings. The molecule has 1 aromatic rings. The van der Waals surface area contributed by atoms with E-state index in [9.17, 15) is 4.79 Å². The van der Waals surface area contributed by atoms with E-state index in [0.717, 1.165) is 17.0 Å². The highest BCUT2D eigenvalue weighted by Gasteiger charge is 2.14. The molecular weight excluding hydrogens is 260 g/mol. The summed E-state index contributed by atoms with van der Waals surface area (Å²) in [5.74, 6) is 0.901. The zero-order valence-electron chi connectivity index (χ0n) is 9.21. The van der Waals surface area contributed by atoms with Gasteiger partial charge < -0.3 is 9.42 Å². The summed E-state index contributed by atoms with van der Waals surface area (Å²) in [5, 5.41) is 4.54. The van der Waals surface area contributed by atoms with Crippen LogP contribution in [0.3, 0.4) is 0 Å². The zero-order chi connectivity index (χ0) is 11.4. The average molecular weight is 275 g/mol. The van der Waals surface area contributed by atoms with E-state index < -0.39 is 0 Å². The molecule has 5 heteroatoms. The van der Waals surface area contributed by atoms with Crippen LogP contribution in [0.4, 0.5) is 0 Å². The maximum absolute atomic E-state index is 11.5. The van der Waals surface area contributed by atoms with Crippen LogP contribution in [0.25, 0.3) is 0 Å². The molecule has 0 spiro atoms. The molecule has 1 rings (SSSR count). The number of halogens is 1. The highest BCUT2D eigenvalue weighted by atomic mass is 79.9. The van der Waals surface area contributed by atoms with Gasteiger partial charge in [0.05, 0.1) is 12.2 Å². The van der Waals surface area contributed by atoms with E-state index >= 15 is 0 Å². The number of aromatic nitrogens is 1. The minimum Gasteiger partial charge on any atom is -0.361 e. The van der Waals surface area contributed by atoms with Gasteiger partial charge in [0.2, 0.25) is 5.91 Å². The number of aryl methyl sites for hydroxylation is 2. The molecule has 15 heavy (non-hydrogen) atoms. The summed E-state index contributed by atoms with van der Waals surface area (Å²) in [6.45, 7) is 4.31. The Kier molecular flexibility index (Phi) is 4.32. The van der Waals surface area contributed by atoms with Crippen molar-refractivity contribution in [1.82, 2.24) is 10.1 Å². The summed E-state index contributed by atoms with van der Waals surface area (Å²) >= 11 is 3.25. The van der Waals surface area contributed by atoms with Crippen molar-refractivity contribution in [3.63, 3.8) is 0 Å². The topological polar surface area (TPSA) is 46.3 Å². The zero-order valence-corrected chi connectivity index (χ0v) is 10.8. The molecule has 1 amide bonds. The monoisotopic (exact) mass is 274 g/mol. The van der Waals surface area contributed by atoms with Gasteiger partial charge in [0, 0.05) is 24.4 Å². The van der Waals surface area contributed by atoms with Crippen molar-refractivity contribution in [3.05, 3.63) is 17.0 Å². The third-order valence-electron chi connectivity index (χ3n) is 2.31. The second-order valence-electron chi connectivity index (χ2n) is 3.49. The van der Waals surface area contributed by atoms with E-state index in [-0.39, 0.29) is 5.91 Å². The fourth-order valence-corrected chi connectivity index (χ4v) is 1.66. The molecule has 84 valence electrons. The number of carbonyl (C=O) groups is 1. The Bertz CT molecular complexity index is 330. The first kappa shape index (κ1) is 12.2. The first-order chi connectivity index (χ1) is 7.06. The minimum absolute atomic E-state index is 0.117. The highest BCUT2D eigenvalue weighted by Crippen LogP contribution is 2.14. The van der Waals surface area contributed by atoms with E-state index in [1.807, 2.05) is 13.8 Å². The predicted molar refractivity (Wildman–Crippen MR) is 60.9 cm³/mol. The van der Waals surface area contributed by atoms with Gasteiger partial charge in [-0.25, -0.2) is 0 Å². The largest absolute Gasteiger partial charge is 0.361 e. The lowest BCUT2D eigenvalue weighted by atomic mass is 10.2. The lowest BCUT2D eigenvalue weighted by molar-refractivity contribution is -0.129. The number of carbonyl (C=O) groups excluding carboxylic acids is 1. The minimum atomic E-state index is 0.117. The fourth-order valence-electron chi connectivity index (χ4n) is 1.32. The molecule has 0 saturated carbocycles. The van der Waals surface area contributed by atoms with Crippen molar-refractivity contribution in [2.24, 2.45) is 0 Å². The molecule has 1 heterocycles. The van der Waals surface area contributed by atoms with Crippen molar-refractivity contribution in [2.75, 3.05) is 12.4 Å². The maximum Gasteiger partial charge on any atom is 0.223 e. The van der Waals surface area contributed by atoms with Crippen LogP contribution < -0.4 is 0 Å².